The van der Waals surface area contributed by atoms with Gasteiger partial charge in [0.2, 0.25) is 0 Å². The average Bonchev–Trinajstić information content (AvgIpc) is 2.48. The monoisotopic (exact) mass is 251 g/mol. The van der Waals surface area contributed by atoms with Gasteiger partial charge in [-0.1, -0.05) is 12.1 Å². The maximum atomic E-state index is 12.1. The molecule has 4 nitrogen and oxygen atoms in total. The predicted molar refractivity (Wildman–Crippen MR) is 71.2 cm³/mol. The van der Waals surface area contributed by atoms with Gasteiger partial charge in [-0.05, 0) is 29.8 Å². The number of pyridine rings is 1. The van der Waals surface area contributed by atoms with E-state index in [1.165, 1.54) is 0 Å². The molecular weight excluding hydrogens is 238 g/mol. The largest absolute Gasteiger partial charge is 0.337 e. The molecule has 19 heavy (non-hydrogen) atoms. The standard InChI is InChI=1S/C15H13N3O/c1-18(15(19)14-6-8-17-9-7-14)11-13-4-2-12(10-16)3-5-13/h2-9H,11H2,1H3. The number of carbonyl (C=O) groups excluding carboxylic acids is 1. The number of aromatic nitrogens is 1. The molecule has 1 amide bonds. The quantitative estimate of drug-likeness (QED) is 0.840. The number of hydrogen-bond acceptors (Lipinski definition) is 3. The lowest BCUT2D eigenvalue weighted by Gasteiger charge is -2.17. The van der Waals surface area contributed by atoms with E-state index in [1.54, 1.807) is 48.6 Å². The molecule has 0 fully saturated rings. The van der Waals surface area contributed by atoms with E-state index < -0.39 is 0 Å². The highest BCUT2D eigenvalue weighted by Gasteiger charge is 2.11. The van der Waals surface area contributed by atoms with Gasteiger partial charge < -0.3 is 4.90 Å². The van der Waals surface area contributed by atoms with Crippen LogP contribution in [0.1, 0.15) is 21.5 Å². The van der Waals surface area contributed by atoms with E-state index in [0.717, 1.165) is 5.56 Å². The van der Waals surface area contributed by atoms with Gasteiger partial charge in [-0.2, -0.15) is 5.26 Å². The van der Waals surface area contributed by atoms with Gasteiger partial charge in [0.1, 0.15) is 0 Å². The first kappa shape index (κ1) is 12.8. The Labute approximate surface area is 111 Å². The van der Waals surface area contributed by atoms with Gasteiger partial charge in [-0.25, -0.2) is 0 Å². The highest BCUT2D eigenvalue weighted by atomic mass is 16.2. The highest BCUT2D eigenvalue weighted by molar-refractivity contribution is 5.93. The Morgan fingerprint density at radius 3 is 2.42 bits per heavy atom. The van der Waals surface area contributed by atoms with Gasteiger partial charge in [0, 0.05) is 31.5 Å². The molecule has 0 aliphatic carbocycles. The van der Waals surface area contributed by atoms with Gasteiger partial charge in [-0.15, -0.1) is 0 Å². The van der Waals surface area contributed by atoms with Crippen molar-refractivity contribution in [1.29, 1.82) is 5.26 Å². The molecule has 1 heterocycles. The highest BCUT2D eigenvalue weighted by Crippen LogP contribution is 2.09. The van der Waals surface area contributed by atoms with E-state index in [0.29, 0.717) is 17.7 Å². The third-order valence-electron chi connectivity index (χ3n) is 2.78. The lowest BCUT2D eigenvalue weighted by molar-refractivity contribution is 0.0785. The van der Waals surface area contributed by atoms with Crippen molar-refractivity contribution >= 4 is 5.91 Å². The van der Waals surface area contributed by atoms with E-state index in [1.807, 2.05) is 12.1 Å². The van der Waals surface area contributed by atoms with Crippen LogP contribution in [0.25, 0.3) is 0 Å². The second-order valence-corrected chi connectivity index (χ2v) is 4.21. The molecule has 0 radical (unpaired) electrons. The van der Waals surface area contributed by atoms with Gasteiger partial charge in [0.15, 0.2) is 0 Å². The van der Waals surface area contributed by atoms with E-state index in [9.17, 15) is 4.79 Å². The van der Waals surface area contributed by atoms with Crippen LogP contribution in [0.15, 0.2) is 48.8 Å². The Kier molecular flexibility index (Phi) is 3.89. The van der Waals surface area contributed by atoms with Crippen molar-refractivity contribution in [3.63, 3.8) is 0 Å². The van der Waals surface area contributed by atoms with Crippen LogP contribution in [0.2, 0.25) is 0 Å². The fraction of sp³-hybridized carbons (Fsp3) is 0.133. The van der Waals surface area contributed by atoms with Crippen LogP contribution < -0.4 is 0 Å². The molecule has 1 aromatic heterocycles. The zero-order chi connectivity index (χ0) is 13.7. The molecule has 0 saturated heterocycles. The van der Waals surface area contributed by atoms with E-state index >= 15 is 0 Å². The maximum absolute atomic E-state index is 12.1. The van der Waals surface area contributed by atoms with Crippen molar-refractivity contribution in [2.24, 2.45) is 0 Å². The first-order chi connectivity index (χ1) is 9.20. The summed E-state index contributed by atoms with van der Waals surface area (Å²) in [7, 11) is 1.75. The minimum atomic E-state index is -0.0493. The molecule has 0 aliphatic heterocycles. The minimum Gasteiger partial charge on any atom is -0.337 e. The maximum Gasteiger partial charge on any atom is 0.254 e. The molecule has 0 spiro atoms. The molecule has 4 heteroatoms. The summed E-state index contributed by atoms with van der Waals surface area (Å²) >= 11 is 0. The van der Waals surface area contributed by atoms with E-state index in [4.69, 9.17) is 5.26 Å². The lowest BCUT2D eigenvalue weighted by atomic mass is 10.1. The summed E-state index contributed by atoms with van der Waals surface area (Å²) in [5.41, 5.74) is 2.22. The Morgan fingerprint density at radius 2 is 1.84 bits per heavy atom. The Hall–Kier alpha value is -2.67. The Bertz CT molecular complexity index is 600. The Balaban J connectivity index is 2.06. The normalized spacial score (nSPS) is 9.68. The van der Waals surface area contributed by atoms with Crippen molar-refractivity contribution in [2.45, 2.75) is 6.54 Å². The molecule has 0 bridgehead atoms. The van der Waals surface area contributed by atoms with E-state index in [-0.39, 0.29) is 5.91 Å². The molecule has 94 valence electrons. The predicted octanol–water partition coefficient (Wildman–Crippen LogP) is 2.23. The van der Waals surface area contributed by atoms with Gasteiger partial charge >= 0.3 is 0 Å². The zero-order valence-electron chi connectivity index (χ0n) is 10.6. The third-order valence-corrected chi connectivity index (χ3v) is 2.78. The number of carbonyl (C=O) groups is 1. The van der Waals surface area contributed by atoms with Crippen molar-refractivity contribution in [1.82, 2.24) is 9.88 Å². The minimum absolute atomic E-state index is 0.0493. The van der Waals surface area contributed by atoms with Crippen LogP contribution in [0.4, 0.5) is 0 Å². The molecular formula is C15H13N3O. The smallest absolute Gasteiger partial charge is 0.254 e. The van der Waals surface area contributed by atoms with Crippen LogP contribution in [0, 0.1) is 11.3 Å². The van der Waals surface area contributed by atoms with Gasteiger partial charge in [0.05, 0.1) is 11.6 Å². The second kappa shape index (κ2) is 5.78. The number of hydrogen-bond donors (Lipinski definition) is 0. The summed E-state index contributed by atoms with van der Waals surface area (Å²) in [5, 5.41) is 8.73. The van der Waals surface area contributed by atoms with Crippen molar-refractivity contribution in [3.05, 3.63) is 65.5 Å². The molecule has 1 aromatic carbocycles. The van der Waals surface area contributed by atoms with Gasteiger partial charge in [0.25, 0.3) is 5.91 Å². The van der Waals surface area contributed by atoms with Crippen LogP contribution in [0.5, 0.6) is 0 Å². The number of rotatable bonds is 3. The second-order valence-electron chi connectivity index (χ2n) is 4.21. The van der Waals surface area contributed by atoms with Crippen LogP contribution in [0.3, 0.4) is 0 Å². The number of amides is 1. The Morgan fingerprint density at radius 1 is 1.21 bits per heavy atom. The summed E-state index contributed by atoms with van der Waals surface area (Å²) in [6.07, 6.45) is 3.20. The first-order valence-electron chi connectivity index (χ1n) is 5.85. The number of benzene rings is 1. The number of nitrogens with zero attached hydrogens (tertiary/aromatic N) is 3. The molecule has 0 saturated carbocycles. The zero-order valence-corrected chi connectivity index (χ0v) is 10.6. The molecule has 2 aromatic rings. The third kappa shape index (κ3) is 3.17. The fourth-order valence-corrected chi connectivity index (χ4v) is 1.75. The summed E-state index contributed by atoms with van der Waals surface area (Å²) < 4.78 is 0. The molecule has 2 rings (SSSR count). The molecule has 0 N–H and O–H groups in total. The van der Waals surface area contributed by atoms with Crippen LogP contribution >= 0.6 is 0 Å². The first-order valence-corrected chi connectivity index (χ1v) is 5.85. The lowest BCUT2D eigenvalue weighted by Crippen LogP contribution is -2.26. The fourth-order valence-electron chi connectivity index (χ4n) is 1.75. The SMILES string of the molecule is CN(Cc1ccc(C#N)cc1)C(=O)c1ccncc1. The van der Waals surface area contributed by atoms with Crippen molar-refractivity contribution in [3.8, 4) is 6.07 Å². The summed E-state index contributed by atoms with van der Waals surface area (Å²) in [6.45, 7) is 0.507. The molecule has 0 aliphatic rings. The van der Waals surface area contributed by atoms with Gasteiger partial charge in [-0.3, -0.25) is 9.78 Å². The summed E-state index contributed by atoms with van der Waals surface area (Å²) in [4.78, 5) is 17.6. The van der Waals surface area contributed by atoms with E-state index in [2.05, 4.69) is 11.1 Å². The summed E-state index contributed by atoms with van der Waals surface area (Å²) in [5.74, 6) is -0.0493. The summed E-state index contributed by atoms with van der Waals surface area (Å²) in [6, 6.07) is 12.7. The topological polar surface area (TPSA) is 57.0 Å². The number of nitriles is 1. The molecule has 0 unspecified atom stereocenters. The van der Waals surface area contributed by atoms with Crippen molar-refractivity contribution in [2.75, 3.05) is 7.05 Å². The molecule has 0 atom stereocenters. The average molecular weight is 251 g/mol. The van der Waals surface area contributed by atoms with Crippen LogP contribution in [-0.2, 0) is 6.54 Å². The van der Waals surface area contributed by atoms with Crippen molar-refractivity contribution < 1.29 is 4.79 Å². The van der Waals surface area contributed by atoms with Crippen LogP contribution in [-0.4, -0.2) is 22.8 Å².